The van der Waals surface area contributed by atoms with Crippen LogP contribution in [0.5, 0.6) is 0 Å². The molecule has 1 unspecified atom stereocenters. The first kappa shape index (κ1) is 15.2. The maximum Gasteiger partial charge on any atom is 0.228 e. The molecule has 4 nitrogen and oxygen atoms in total. The highest BCUT2D eigenvalue weighted by molar-refractivity contribution is 9.10. The summed E-state index contributed by atoms with van der Waals surface area (Å²) in [6.45, 7) is 5.35. The highest BCUT2D eigenvalue weighted by Crippen LogP contribution is 2.25. The van der Waals surface area contributed by atoms with E-state index in [9.17, 15) is 0 Å². The summed E-state index contributed by atoms with van der Waals surface area (Å²) in [5, 5.41) is 7.56. The Morgan fingerprint density at radius 1 is 1.30 bits per heavy atom. The smallest absolute Gasteiger partial charge is 0.228 e. The maximum absolute atomic E-state index is 5.36. The minimum absolute atomic E-state index is 0.391. The van der Waals surface area contributed by atoms with Gasteiger partial charge in [-0.1, -0.05) is 47.1 Å². The van der Waals surface area contributed by atoms with Crippen LogP contribution in [-0.2, 0) is 6.42 Å². The Bertz CT molecular complexity index is 541. The molecule has 20 heavy (non-hydrogen) atoms. The third-order valence-corrected chi connectivity index (χ3v) is 3.87. The van der Waals surface area contributed by atoms with Gasteiger partial charge in [0.2, 0.25) is 11.7 Å². The van der Waals surface area contributed by atoms with Crippen molar-refractivity contribution in [2.75, 3.05) is 6.54 Å². The van der Waals surface area contributed by atoms with Crippen LogP contribution in [0, 0.1) is 0 Å². The molecule has 1 aromatic carbocycles. The van der Waals surface area contributed by atoms with Crippen LogP contribution < -0.4 is 5.32 Å². The van der Waals surface area contributed by atoms with Gasteiger partial charge in [0.15, 0.2) is 0 Å². The summed E-state index contributed by atoms with van der Waals surface area (Å²) in [5.41, 5.74) is 0.956. The molecule has 0 amide bonds. The molecule has 0 aliphatic rings. The van der Waals surface area contributed by atoms with Crippen molar-refractivity contribution >= 4 is 15.9 Å². The fourth-order valence-electron chi connectivity index (χ4n) is 2.01. The van der Waals surface area contributed by atoms with E-state index < -0.39 is 0 Å². The molecule has 5 heteroatoms. The number of nitrogens with zero attached hydrogens (tertiary/aromatic N) is 2. The predicted molar refractivity (Wildman–Crippen MR) is 83.5 cm³/mol. The van der Waals surface area contributed by atoms with Crippen LogP contribution >= 0.6 is 15.9 Å². The lowest BCUT2D eigenvalue weighted by atomic mass is 10.1. The number of rotatable bonds is 7. The van der Waals surface area contributed by atoms with Gasteiger partial charge in [-0.15, -0.1) is 0 Å². The highest BCUT2D eigenvalue weighted by Gasteiger charge is 2.14. The molecule has 2 aromatic rings. The van der Waals surface area contributed by atoms with E-state index in [0.29, 0.717) is 17.8 Å². The summed E-state index contributed by atoms with van der Waals surface area (Å²) in [6, 6.07) is 8.28. The molecule has 0 aliphatic carbocycles. The van der Waals surface area contributed by atoms with Gasteiger partial charge in [0.1, 0.15) is 0 Å². The first-order valence-electron chi connectivity index (χ1n) is 7.05. The number of aromatic nitrogens is 2. The zero-order chi connectivity index (χ0) is 14.4. The first-order valence-corrected chi connectivity index (χ1v) is 7.84. The number of benzene rings is 1. The standard InChI is InChI=1S/C15H20BrN3O/c1-3-9-17-11(4-2)10-14-18-15(19-20-14)12-7-5-6-8-13(12)16/h5-8,11,17H,3-4,9-10H2,1-2H3. The molecular weight excluding hydrogens is 318 g/mol. The Balaban J connectivity index is 2.07. The molecule has 1 heterocycles. The normalized spacial score (nSPS) is 12.6. The van der Waals surface area contributed by atoms with Gasteiger partial charge in [0.05, 0.1) is 0 Å². The van der Waals surface area contributed by atoms with Gasteiger partial charge in [-0.2, -0.15) is 4.98 Å². The molecule has 2 rings (SSSR count). The van der Waals surface area contributed by atoms with E-state index in [2.05, 4.69) is 45.2 Å². The van der Waals surface area contributed by atoms with Gasteiger partial charge in [-0.25, -0.2) is 0 Å². The summed E-state index contributed by atoms with van der Waals surface area (Å²) < 4.78 is 6.34. The van der Waals surface area contributed by atoms with Gasteiger partial charge in [-0.3, -0.25) is 0 Å². The Morgan fingerprint density at radius 3 is 2.80 bits per heavy atom. The quantitative estimate of drug-likeness (QED) is 0.834. The first-order chi connectivity index (χ1) is 9.74. The molecule has 0 saturated carbocycles. The topological polar surface area (TPSA) is 51.0 Å². The lowest BCUT2D eigenvalue weighted by Gasteiger charge is -2.13. The fourth-order valence-corrected chi connectivity index (χ4v) is 2.47. The van der Waals surface area contributed by atoms with Crippen LogP contribution in [0.4, 0.5) is 0 Å². The van der Waals surface area contributed by atoms with E-state index in [1.54, 1.807) is 0 Å². The Labute approximate surface area is 128 Å². The van der Waals surface area contributed by atoms with Gasteiger partial charge in [0.25, 0.3) is 0 Å². The molecule has 0 spiro atoms. The zero-order valence-corrected chi connectivity index (χ0v) is 13.5. The number of nitrogens with one attached hydrogen (secondary N) is 1. The Morgan fingerprint density at radius 2 is 2.10 bits per heavy atom. The molecule has 0 fully saturated rings. The zero-order valence-electron chi connectivity index (χ0n) is 11.9. The molecule has 0 bridgehead atoms. The summed E-state index contributed by atoms with van der Waals surface area (Å²) in [4.78, 5) is 4.49. The summed E-state index contributed by atoms with van der Waals surface area (Å²) in [6.07, 6.45) is 2.95. The third-order valence-electron chi connectivity index (χ3n) is 3.18. The minimum Gasteiger partial charge on any atom is -0.339 e. The third kappa shape index (κ3) is 3.90. The van der Waals surface area contributed by atoms with Crippen molar-refractivity contribution in [1.82, 2.24) is 15.5 Å². The van der Waals surface area contributed by atoms with Gasteiger partial charge in [-0.05, 0) is 31.5 Å². The molecule has 0 aliphatic heterocycles. The molecule has 1 atom stereocenters. The summed E-state index contributed by atoms with van der Waals surface area (Å²) in [5.74, 6) is 1.32. The predicted octanol–water partition coefficient (Wildman–Crippen LogP) is 3.82. The van der Waals surface area contributed by atoms with E-state index in [1.807, 2.05) is 24.3 Å². The molecule has 1 N–H and O–H groups in total. The SMILES string of the molecule is CCCNC(CC)Cc1nc(-c2ccccc2Br)no1. The van der Waals surface area contributed by atoms with Crippen molar-refractivity contribution in [2.24, 2.45) is 0 Å². The molecule has 0 saturated heterocycles. The van der Waals surface area contributed by atoms with Gasteiger partial charge >= 0.3 is 0 Å². The van der Waals surface area contributed by atoms with Gasteiger partial charge in [0, 0.05) is 22.5 Å². The summed E-state index contributed by atoms with van der Waals surface area (Å²) in [7, 11) is 0. The van der Waals surface area contributed by atoms with Crippen LogP contribution in [0.1, 0.15) is 32.6 Å². The average molecular weight is 338 g/mol. The lowest BCUT2D eigenvalue weighted by molar-refractivity contribution is 0.354. The average Bonchev–Trinajstić information content (AvgIpc) is 2.92. The van der Waals surface area contributed by atoms with Crippen molar-refractivity contribution in [3.8, 4) is 11.4 Å². The maximum atomic E-state index is 5.36. The van der Waals surface area contributed by atoms with E-state index in [-0.39, 0.29) is 0 Å². The number of halogens is 1. The van der Waals surface area contributed by atoms with Crippen molar-refractivity contribution in [3.05, 3.63) is 34.6 Å². The van der Waals surface area contributed by atoms with Crippen molar-refractivity contribution < 1.29 is 4.52 Å². The molecule has 108 valence electrons. The molecular formula is C15H20BrN3O. The second-order valence-electron chi connectivity index (χ2n) is 4.75. The molecule has 1 aromatic heterocycles. The minimum atomic E-state index is 0.391. The van der Waals surface area contributed by atoms with Crippen LogP contribution in [0.3, 0.4) is 0 Å². The van der Waals surface area contributed by atoms with E-state index in [0.717, 1.165) is 35.8 Å². The van der Waals surface area contributed by atoms with Gasteiger partial charge < -0.3 is 9.84 Å². The van der Waals surface area contributed by atoms with Crippen molar-refractivity contribution in [2.45, 2.75) is 39.2 Å². The molecule has 0 radical (unpaired) electrons. The van der Waals surface area contributed by atoms with E-state index in [4.69, 9.17) is 4.52 Å². The monoisotopic (exact) mass is 337 g/mol. The highest BCUT2D eigenvalue weighted by atomic mass is 79.9. The van der Waals surface area contributed by atoms with Crippen LogP contribution in [-0.4, -0.2) is 22.7 Å². The van der Waals surface area contributed by atoms with Crippen LogP contribution in [0.15, 0.2) is 33.3 Å². The fraction of sp³-hybridized carbons (Fsp3) is 0.467. The number of hydrogen-bond acceptors (Lipinski definition) is 4. The Hall–Kier alpha value is -1.20. The summed E-state index contributed by atoms with van der Waals surface area (Å²) >= 11 is 3.51. The van der Waals surface area contributed by atoms with Crippen LogP contribution in [0.2, 0.25) is 0 Å². The van der Waals surface area contributed by atoms with Crippen molar-refractivity contribution in [3.63, 3.8) is 0 Å². The lowest BCUT2D eigenvalue weighted by Crippen LogP contribution is -2.31. The van der Waals surface area contributed by atoms with Crippen molar-refractivity contribution in [1.29, 1.82) is 0 Å². The largest absolute Gasteiger partial charge is 0.339 e. The Kier molecular flexibility index (Phi) is 5.73. The second kappa shape index (κ2) is 7.55. The van der Waals surface area contributed by atoms with E-state index >= 15 is 0 Å². The number of hydrogen-bond donors (Lipinski definition) is 1. The van der Waals surface area contributed by atoms with E-state index in [1.165, 1.54) is 0 Å². The second-order valence-corrected chi connectivity index (χ2v) is 5.61. The van der Waals surface area contributed by atoms with Crippen LogP contribution in [0.25, 0.3) is 11.4 Å².